The largest absolute Gasteiger partial charge is 0.497 e. The summed E-state index contributed by atoms with van der Waals surface area (Å²) in [6, 6.07) is 14.0. The minimum absolute atomic E-state index is 0.703. The van der Waals surface area contributed by atoms with Crippen molar-refractivity contribution in [1.29, 1.82) is 0 Å². The predicted octanol–water partition coefficient (Wildman–Crippen LogP) is 0.589. The first kappa shape index (κ1) is 17.7. The van der Waals surface area contributed by atoms with E-state index in [0.29, 0.717) is 4.77 Å². The number of aromatic amines is 1. The topological polar surface area (TPSA) is 53.8 Å². The molecule has 1 saturated heterocycles. The van der Waals surface area contributed by atoms with E-state index in [4.69, 9.17) is 17.0 Å². The van der Waals surface area contributed by atoms with Gasteiger partial charge in [0.15, 0.2) is 6.67 Å². The van der Waals surface area contributed by atoms with E-state index in [1.807, 2.05) is 45.8 Å². The van der Waals surface area contributed by atoms with Crippen LogP contribution in [0.1, 0.15) is 0 Å². The summed E-state index contributed by atoms with van der Waals surface area (Å²) in [7, 11) is 1.66. The SMILES string of the molecule is COc1cccc(-n2cnn(C[NH+]3CCN(c4cccc[nH+]4)CC3)c2=S)c1. The van der Waals surface area contributed by atoms with Crippen LogP contribution in [0.5, 0.6) is 5.75 Å². The van der Waals surface area contributed by atoms with Crippen molar-refractivity contribution in [2.24, 2.45) is 0 Å². The zero-order chi connectivity index (χ0) is 18.6. The van der Waals surface area contributed by atoms with Gasteiger partial charge in [-0.3, -0.25) is 9.47 Å². The van der Waals surface area contributed by atoms with Crippen LogP contribution in [0, 0.1) is 4.77 Å². The van der Waals surface area contributed by atoms with Crippen LogP contribution in [0.15, 0.2) is 55.0 Å². The highest BCUT2D eigenvalue weighted by Gasteiger charge is 2.26. The second kappa shape index (κ2) is 7.89. The molecule has 0 spiro atoms. The molecule has 0 amide bonds. The summed E-state index contributed by atoms with van der Waals surface area (Å²) in [5.41, 5.74) is 0.963. The van der Waals surface area contributed by atoms with E-state index in [-0.39, 0.29) is 0 Å². The Morgan fingerprint density at radius 3 is 2.78 bits per heavy atom. The van der Waals surface area contributed by atoms with Crippen LogP contribution in [0.2, 0.25) is 0 Å². The fourth-order valence-corrected chi connectivity index (χ4v) is 3.66. The first-order valence-corrected chi connectivity index (χ1v) is 9.49. The lowest BCUT2D eigenvalue weighted by Gasteiger charge is -2.27. The monoisotopic (exact) mass is 384 g/mol. The number of ether oxygens (including phenoxy) is 1. The van der Waals surface area contributed by atoms with Gasteiger partial charge in [-0.05, 0) is 30.4 Å². The summed E-state index contributed by atoms with van der Waals surface area (Å²) in [5.74, 6) is 1.98. The molecule has 0 bridgehead atoms. The molecule has 3 heterocycles. The fraction of sp³-hybridized carbons (Fsp3) is 0.316. The smallest absolute Gasteiger partial charge is 0.274 e. The van der Waals surface area contributed by atoms with Crippen LogP contribution >= 0.6 is 12.2 Å². The molecule has 1 aromatic carbocycles. The van der Waals surface area contributed by atoms with Crippen LogP contribution in [0.4, 0.5) is 5.82 Å². The van der Waals surface area contributed by atoms with Crippen molar-refractivity contribution in [2.45, 2.75) is 6.67 Å². The van der Waals surface area contributed by atoms with Gasteiger partial charge in [0.1, 0.15) is 38.3 Å². The summed E-state index contributed by atoms with van der Waals surface area (Å²) >= 11 is 5.65. The van der Waals surface area contributed by atoms with Crippen molar-refractivity contribution >= 4 is 18.0 Å². The van der Waals surface area contributed by atoms with E-state index in [1.165, 1.54) is 10.7 Å². The summed E-state index contributed by atoms with van der Waals surface area (Å²) in [5, 5.41) is 4.51. The molecule has 1 aliphatic rings. The van der Waals surface area contributed by atoms with E-state index in [0.717, 1.165) is 44.3 Å². The van der Waals surface area contributed by atoms with Crippen LogP contribution in [0.25, 0.3) is 5.69 Å². The first-order chi connectivity index (χ1) is 13.2. The fourth-order valence-electron chi connectivity index (χ4n) is 3.40. The van der Waals surface area contributed by atoms with Gasteiger partial charge < -0.3 is 9.64 Å². The highest BCUT2D eigenvalue weighted by molar-refractivity contribution is 7.71. The zero-order valence-corrected chi connectivity index (χ0v) is 16.2. The third kappa shape index (κ3) is 3.86. The Hall–Kier alpha value is -2.71. The van der Waals surface area contributed by atoms with E-state index in [9.17, 15) is 0 Å². The number of benzene rings is 1. The number of methoxy groups -OCH3 is 1. The highest BCUT2D eigenvalue weighted by atomic mass is 32.1. The number of rotatable bonds is 5. The quantitative estimate of drug-likeness (QED) is 0.654. The number of hydrogen-bond acceptors (Lipinski definition) is 4. The van der Waals surface area contributed by atoms with E-state index in [2.05, 4.69) is 27.1 Å². The Morgan fingerprint density at radius 1 is 1.19 bits per heavy atom. The molecule has 0 radical (unpaired) electrons. The molecule has 0 aliphatic carbocycles. The maximum absolute atomic E-state index is 5.65. The minimum atomic E-state index is 0.703. The van der Waals surface area contributed by atoms with Crippen LogP contribution < -0.4 is 19.5 Å². The molecule has 1 aliphatic heterocycles. The van der Waals surface area contributed by atoms with Crippen molar-refractivity contribution in [3.05, 3.63) is 59.8 Å². The molecule has 27 heavy (non-hydrogen) atoms. The summed E-state index contributed by atoms with van der Waals surface area (Å²) in [6.45, 7) is 4.91. The number of nitrogens with one attached hydrogen (secondary N) is 2. The van der Waals surface area contributed by atoms with Crippen LogP contribution in [-0.2, 0) is 6.67 Å². The van der Waals surface area contributed by atoms with Crippen molar-refractivity contribution in [1.82, 2.24) is 14.3 Å². The molecule has 7 nitrogen and oxygen atoms in total. The van der Waals surface area contributed by atoms with Gasteiger partial charge >= 0.3 is 0 Å². The number of hydrogen-bond donors (Lipinski definition) is 1. The molecule has 4 rings (SSSR count). The second-order valence-corrected chi connectivity index (χ2v) is 6.99. The van der Waals surface area contributed by atoms with E-state index >= 15 is 0 Å². The summed E-state index contributed by atoms with van der Waals surface area (Å²) < 4.78 is 9.84. The van der Waals surface area contributed by atoms with Crippen molar-refractivity contribution in [3.8, 4) is 11.4 Å². The van der Waals surface area contributed by atoms with Crippen molar-refractivity contribution in [2.75, 3.05) is 38.2 Å². The average Bonchev–Trinajstić information content (AvgIpc) is 3.09. The normalized spacial score (nSPS) is 15.1. The Morgan fingerprint density at radius 2 is 2.04 bits per heavy atom. The first-order valence-electron chi connectivity index (χ1n) is 9.09. The second-order valence-electron chi connectivity index (χ2n) is 6.63. The van der Waals surface area contributed by atoms with Gasteiger partial charge in [-0.25, -0.2) is 4.98 Å². The van der Waals surface area contributed by atoms with Gasteiger partial charge in [0.05, 0.1) is 19.0 Å². The molecule has 0 saturated carbocycles. The van der Waals surface area contributed by atoms with Gasteiger partial charge in [0.25, 0.3) is 5.82 Å². The van der Waals surface area contributed by atoms with Crippen molar-refractivity contribution in [3.63, 3.8) is 0 Å². The third-order valence-electron chi connectivity index (χ3n) is 4.94. The number of H-pyrrole nitrogens is 1. The van der Waals surface area contributed by atoms with Gasteiger partial charge in [0.2, 0.25) is 4.77 Å². The number of anilines is 1. The molecular formula is C19H24N6OS+2. The molecule has 1 fully saturated rings. The van der Waals surface area contributed by atoms with Gasteiger partial charge in [-0.2, -0.15) is 9.78 Å². The lowest BCUT2D eigenvalue weighted by molar-refractivity contribution is -0.924. The standard InChI is InChI=1S/C19H22N6OS/c1-26-17-6-4-5-16(13-17)24-14-21-25(19(24)27)15-22-9-11-23(12-10-22)18-7-2-3-8-20-18/h2-8,13-14H,9-12,15H2,1H3/p+2. The molecule has 0 atom stereocenters. The lowest BCUT2D eigenvalue weighted by Crippen LogP contribution is -3.14. The third-order valence-corrected chi connectivity index (χ3v) is 5.35. The van der Waals surface area contributed by atoms with Gasteiger partial charge in [0, 0.05) is 12.1 Å². The predicted molar refractivity (Wildman–Crippen MR) is 105 cm³/mol. The maximum Gasteiger partial charge on any atom is 0.274 e. The van der Waals surface area contributed by atoms with Gasteiger partial charge in [-0.1, -0.05) is 12.1 Å². The van der Waals surface area contributed by atoms with Gasteiger partial charge in [-0.15, -0.1) is 0 Å². The highest BCUT2D eigenvalue weighted by Crippen LogP contribution is 2.16. The maximum atomic E-state index is 5.65. The molecule has 2 N–H and O–H groups in total. The molecule has 2 aromatic heterocycles. The number of piperazine rings is 1. The van der Waals surface area contributed by atoms with E-state index < -0.39 is 0 Å². The number of quaternary nitrogens is 1. The summed E-state index contributed by atoms with van der Waals surface area (Å²) in [4.78, 5) is 7.18. The lowest BCUT2D eigenvalue weighted by atomic mass is 10.3. The minimum Gasteiger partial charge on any atom is -0.497 e. The molecule has 3 aromatic rings. The molecule has 8 heteroatoms. The Kier molecular flexibility index (Phi) is 5.17. The number of nitrogens with zero attached hydrogens (tertiary/aromatic N) is 4. The molecular weight excluding hydrogens is 360 g/mol. The Balaban J connectivity index is 1.42. The van der Waals surface area contributed by atoms with Crippen LogP contribution in [0.3, 0.4) is 0 Å². The zero-order valence-electron chi connectivity index (χ0n) is 15.3. The Labute approximate surface area is 163 Å². The molecule has 0 unspecified atom stereocenters. The molecule has 140 valence electrons. The number of aromatic nitrogens is 4. The average molecular weight is 385 g/mol. The Bertz CT molecular complexity index is 946. The van der Waals surface area contributed by atoms with Crippen molar-refractivity contribution < 1.29 is 14.6 Å². The summed E-state index contributed by atoms with van der Waals surface area (Å²) in [6.07, 6.45) is 3.75. The number of pyridine rings is 1. The van der Waals surface area contributed by atoms with E-state index in [1.54, 1.807) is 13.4 Å². The van der Waals surface area contributed by atoms with Crippen LogP contribution in [-0.4, -0.2) is 47.6 Å².